The Labute approximate surface area is 177 Å². The van der Waals surface area contributed by atoms with E-state index in [4.69, 9.17) is 9.47 Å². The molecule has 2 rings (SSSR count). The average Bonchev–Trinajstić information content (AvgIpc) is 3.18. The van der Waals surface area contributed by atoms with E-state index in [0.717, 1.165) is 18.3 Å². The van der Waals surface area contributed by atoms with Gasteiger partial charge in [0.15, 0.2) is 5.96 Å². The third-order valence-corrected chi connectivity index (χ3v) is 4.87. The second kappa shape index (κ2) is 12.9. The summed E-state index contributed by atoms with van der Waals surface area (Å²) in [6.45, 7) is 4.94. The highest BCUT2D eigenvalue weighted by Crippen LogP contribution is 2.19. The molecule has 2 N–H and O–H groups in total. The van der Waals surface area contributed by atoms with Crippen molar-refractivity contribution in [2.75, 3.05) is 33.9 Å². The summed E-state index contributed by atoms with van der Waals surface area (Å²) in [5, 5.41) is 8.83. The number of nitrogens with one attached hydrogen (secondary N) is 2. The average molecular weight is 489 g/mol. The standard InChI is InChI=1S/C19H27N3O2S.HI/c1-15(18-5-4-12-25-18)13-21-19(20-2)22-14-16-6-8-17(9-7-16)24-11-10-23-3;/h4-9,12,15H,10-11,13-14H2,1-3H3,(H2,20,21,22);1H. The molecular formula is C19H28IN3O2S. The van der Waals surface area contributed by atoms with Crippen molar-refractivity contribution in [1.29, 1.82) is 0 Å². The zero-order valence-electron chi connectivity index (χ0n) is 15.5. The summed E-state index contributed by atoms with van der Waals surface area (Å²) in [5.74, 6) is 2.12. The first-order valence-electron chi connectivity index (χ1n) is 8.41. The fourth-order valence-corrected chi connectivity index (χ4v) is 3.06. The lowest BCUT2D eigenvalue weighted by Crippen LogP contribution is -2.38. The summed E-state index contributed by atoms with van der Waals surface area (Å²) in [6.07, 6.45) is 0. The van der Waals surface area contributed by atoms with Crippen LogP contribution in [0, 0.1) is 0 Å². The van der Waals surface area contributed by atoms with Gasteiger partial charge in [-0.05, 0) is 29.1 Å². The molecule has 7 heteroatoms. The molecule has 0 amide bonds. The Kier molecular flexibility index (Phi) is 11.3. The predicted molar refractivity (Wildman–Crippen MR) is 120 cm³/mol. The minimum Gasteiger partial charge on any atom is -0.491 e. The van der Waals surface area contributed by atoms with Crippen molar-refractivity contribution in [3.05, 3.63) is 52.2 Å². The molecule has 1 aromatic heterocycles. The van der Waals surface area contributed by atoms with Crippen LogP contribution in [0.25, 0.3) is 0 Å². The maximum Gasteiger partial charge on any atom is 0.191 e. The second-order valence-electron chi connectivity index (χ2n) is 5.71. The molecule has 26 heavy (non-hydrogen) atoms. The lowest BCUT2D eigenvalue weighted by Gasteiger charge is -2.15. The summed E-state index contributed by atoms with van der Waals surface area (Å²) in [6, 6.07) is 12.3. The van der Waals surface area contributed by atoms with Gasteiger partial charge < -0.3 is 20.1 Å². The van der Waals surface area contributed by atoms with Crippen molar-refractivity contribution in [1.82, 2.24) is 10.6 Å². The van der Waals surface area contributed by atoms with Crippen LogP contribution in [0.2, 0.25) is 0 Å². The molecule has 0 fully saturated rings. The van der Waals surface area contributed by atoms with Gasteiger partial charge in [0, 0.05) is 38.0 Å². The smallest absolute Gasteiger partial charge is 0.191 e. The highest BCUT2D eigenvalue weighted by Gasteiger charge is 2.07. The van der Waals surface area contributed by atoms with Crippen LogP contribution in [-0.4, -0.2) is 39.9 Å². The topological polar surface area (TPSA) is 54.9 Å². The molecular weight excluding hydrogens is 461 g/mol. The molecule has 0 saturated carbocycles. The van der Waals surface area contributed by atoms with Crippen LogP contribution in [0.1, 0.15) is 23.3 Å². The maximum absolute atomic E-state index is 5.57. The number of hydrogen-bond donors (Lipinski definition) is 2. The number of aliphatic imine (C=N–C) groups is 1. The van der Waals surface area contributed by atoms with Gasteiger partial charge in [0.2, 0.25) is 0 Å². The number of hydrogen-bond acceptors (Lipinski definition) is 4. The van der Waals surface area contributed by atoms with Crippen LogP contribution in [0.3, 0.4) is 0 Å². The zero-order valence-corrected chi connectivity index (χ0v) is 18.7. The van der Waals surface area contributed by atoms with E-state index in [-0.39, 0.29) is 24.0 Å². The molecule has 0 aliphatic carbocycles. The Hall–Kier alpha value is -1.32. The lowest BCUT2D eigenvalue weighted by molar-refractivity contribution is 0.146. The number of thiophene rings is 1. The number of rotatable bonds is 9. The summed E-state index contributed by atoms with van der Waals surface area (Å²) in [5.41, 5.74) is 1.17. The van der Waals surface area contributed by atoms with Gasteiger partial charge in [-0.25, -0.2) is 0 Å². The third kappa shape index (κ3) is 7.92. The van der Waals surface area contributed by atoms with Crippen molar-refractivity contribution in [3.8, 4) is 5.75 Å². The van der Waals surface area contributed by atoms with Crippen molar-refractivity contribution in [2.24, 2.45) is 4.99 Å². The summed E-state index contributed by atoms with van der Waals surface area (Å²) in [7, 11) is 3.46. The van der Waals surface area contributed by atoms with E-state index in [0.29, 0.717) is 25.7 Å². The Bertz CT molecular complexity index is 633. The van der Waals surface area contributed by atoms with Gasteiger partial charge in [0.05, 0.1) is 6.61 Å². The van der Waals surface area contributed by atoms with Crippen molar-refractivity contribution in [2.45, 2.75) is 19.4 Å². The molecule has 5 nitrogen and oxygen atoms in total. The molecule has 0 radical (unpaired) electrons. The lowest BCUT2D eigenvalue weighted by atomic mass is 10.1. The van der Waals surface area contributed by atoms with E-state index in [1.54, 1.807) is 25.5 Å². The first-order valence-corrected chi connectivity index (χ1v) is 9.29. The maximum atomic E-state index is 5.57. The van der Waals surface area contributed by atoms with Crippen LogP contribution < -0.4 is 15.4 Å². The third-order valence-electron chi connectivity index (χ3n) is 3.77. The van der Waals surface area contributed by atoms with Gasteiger partial charge in [-0.15, -0.1) is 35.3 Å². The summed E-state index contributed by atoms with van der Waals surface area (Å²) < 4.78 is 10.5. The van der Waals surface area contributed by atoms with E-state index in [1.807, 2.05) is 12.1 Å². The molecule has 2 aromatic rings. The van der Waals surface area contributed by atoms with Crippen LogP contribution >= 0.6 is 35.3 Å². The Morgan fingerprint density at radius 3 is 2.54 bits per heavy atom. The van der Waals surface area contributed by atoms with Gasteiger partial charge in [0.25, 0.3) is 0 Å². The van der Waals surface area contributed by atoms with Gasteiger partial charge in [0.1, 0.15) is 12.4 Å². The number of benzene rings is 1. The van der Waals surface area contributed by atoms with Gasteiger partial charge >= 0.3 is 0 Å². The Morgan fingerprint density at radius 2 is 1.92 bits per heavy atom. The molecule has 144 valence electrons. The fourth-order valence-electron chi connectivity index (χ4n) is 2.27. The number of nitrogens with zero attached hydrogens (tertiary/aromatic N) is 1. The molecule has 0 spiro atoms. The molecule has 0 bridgehead atoms. The molecule has 1 atom stereocenters. The van der Waals surface area contributed by atoms with Crippen LogP contribution in [0.4, 0.5) is 0 Å². The highest BCUT2D eigenvalue weighted by molar-refractivity contribution is 14.0. The van der Waals surface area contributed by atoms with E-state index in [1.165, 1.54) is 10.4 Å². The first-order chi connectivity index (χ1) is 12.2. The fraction of sp³-hybridized carbons (Fsp3) is 0.421. The minimum atomic E-state index is 0. The Morgan fingerprint density at radius 1 is 1.15 bits per heavy atom. The van der Waals surface area contributed by atoms with Crippen molar-refractivity contribution < 1.29 is 9.47 Å². The quantitative estimate of drug-likeness (QED) is 0.243. The van der Waals surface area contributed by atoms with Gasteiger partial charge in [-0.3, -0.25) is 4.99 Å². The molecule has 1 aromatic carbocycles. The van der Waals surface area contributed by atoms with Gasteiger partial charge in [-0.1, -0.05) is 25.1 Å². The van der Waals surface area contributed by atoms with E-state index in [9.17, 15) is 0 Å². The number of guanidine groups is 1. The molecule has 0 aliphatic heterocycles. The first kappa shape index (κ1) is 22.7. The molecule has 1 unspecified atom stereocenters. The number of ether oxygens (including phenoxy) is 2. The molecule has 0 aliphatic rings. The zero-order chi connectivity index (χ0) is 17.9. The molecule has 1 heterocycles. The van der Waals surface area contributed by atoms with E-state index < -0.39 is 0 Å². The van der Waals surface area contributed by atoms with Crippen molar-refractivity contribution >= 4 is 41.3 Å². The normalized spacial score (nSPS) is 12.2. The highest BCUT2D eigenvalue weighted by atomic mass is 127. The number of halogens is 1. The van der Waals surface area contributed by atoms with E-state index >= 15 is 0 Å². The van der Waals surface area contributed by atoms with Gasteiger partial charge in [-0.2, -0.15) is 0 Å². The second-order valence-corrected chi connectivity index (χ2v) is 6.69. The predicted octanol–water partition coefficient (Wildman–Crippen LogP) is 3.86. The van der Waals surface area contributed by atoms with Crippen molar-refractivity contribution in [3.63, 3.8) is 0 Å². The number of methoxy groups -OCH3 is 1. The van der Waals surface area contributed by atoms with Crippen LogP contribution in [0.15, 0.2) is 46.8 Å². The Balaban J connectivity index is 0.00000338. The van der Waals surface area contributed by atoms with Crippen LogP contribution in [0.5, 0.6) is 5.75 Å². The van der Waals surface area contributed by atoms with Crippen LogP contribution in [-0.2, 0) is 11.3 Å². The monoisotopic (exact) mass is 489 g/mol. The largest absolute Gasteiger partial charge is 0.491 e. The SMILES string of the molecule is CN=C(NCc1ccc(OCCOC)cc1)NCC(C)c1cccs1.I. The summed E-state index contributed by atoms with van der Waals surface area (Å²) >= 11 is 1.79. The minimum absolute atomic E-state index is 0. The van der Waals surface area contributed by atoms with E-state index in [2.05, 4.69) is 52.2 Å². The summed E-state index contributed by atoms with van der Waals surface area (Å²) in [4.78, 5) is 5.66. The molecule has 0 saturated heterocycles.